The SMILES string of the molecule is CSc1ccc(Oc2ccc(Br)cc2CCCN2CCN(C)CC2)cc1. The van der Waals surface area contributed by atoms with Crippen LogP contribution >= 0.6 is 27.7 Å². The Morgan fingerprint density at radius 3 is 2.46 bits per heavy atom. The molecule has 0 amide bonds. The summed E-state index contributed by atoms with van der Waals surface area (Å²) in [5, 5.41) is 0. The molecule has 1 aliphatic heterocycles. The van der Waals surface area contributed by atoms with E-state index >= 15 is 0 Å². The van der Waals surface area contributed by atoms with Crippen molar-refractivity contribution in [1.82, 2.24) is 9.80 Å². The molecule has 0 N–H and O–H groups in total. The molecule has 5 heteroatoms. The van der Waals surface area contributed by atoms with E-state index in [1.165, 1.54) is 36.6 Å². The highest BCUT2D eigenvalue weighted by Crippen LogP contribution is 2.30. The smallest absolute Gasteiger partial charge is 0.130 e. The number of ether oxygens (including phenoxy) is 1. The maximum atomic E-state index is 6.17. The quantitative estimate of drug-likeness (QED) is 0.559. The van der Waals surface area contributed by atoms with Crippen molar-refractivity contribution in [2.24, 2.45) is 0 Å². The number of thioether (sulfide) groups is 1. The van der Waals surface area contributed by atoms with Gasteiger partial charge in [0.2, 0.25) is 0 Å². The van der Waals surface area contributed by atoms with Crippen molar-refractivity contribution in [1.29, 1.82) is 0 Å². The van der Waals surface area contributed by atoms with Gasteiger partial charge >= 0.3 is 0 Å². The zero-order valence-corrected chi connectivity index (χ0v) is 18.0. The van der Waals surface area contributed by atoms with Crippen molar-refractivity contribution in [3.63, 3.8) is 0 Å². The number of hydrogen-bond acceptors (Lipinski definition) is 4. The van der Waals surface area contributed by atoms with E-state index in [0.29, 0.717) is 0 Å². The van der Waals surface area contributed by atoms with Crippen LogP contribution in [0.15, 0.2) is 51.8 Å². The highest BCUT2D eigenvalue weighted by molar-refractivity contribution is 9.10. The van der Waals surface area contributed by atoms with Crippen molar-refractivity contribution in [3.05, 3.63) is 52.5 Å². The first kappa shape index (κ1) is 19.7. The maximum absolute atomic E-state index is 6.17. The minimum atomic E-state index is 0.894. The minimum absolute atomic E-state index is 0.894. The molecular formula is C21H27BrN2OS. The number of halogens is 1. The molecule has 0 unspecified atom stereocenters. The van der Waals surface area contributed by atoms with Crippen LogP contribution in [-0.4, -0.2) is 55.8 Å². The third kappa shape index (κ3) is 5.74. The summed E-state index contributed by atoms with van der Waals surface area (Å²) < 4.78 is 7.28. The Balaban J connectivity index is 1.60. The van der Waals surface area contributed by atoms with Crippen LogP contribution in [0.25, 0.3) is 0 Å². The largest absolute Gasteiger partial charge is 0.457 e. The Bertz CT molecular complexity index is 700. The summed E-state index contributed by atoms with van der Waals surface area (Å²) in [6.07, 6.45) is 4.27. The van der Waals surface area contributed by atoms with E-state index in [0.717, 1.165) is 35.4 Å². The lowest BCUT2D eigenvalue weighted by Gasteiger charge is -2.32. The predicted molar refractivity (Wildman–Crippen MR) is 115 cm³/mol. The summed E-state index contributed by atoms with van der Waals surface area (Å²) >= 11 is 5.35. The molecule has 1 aliphatic rings. The third-order valence-electron chi connectivity index (χ3n) is 4.83. The first-order valence-corrected chi connectivity index (χ1v) is 11.2. The molecular weight excluding hydrogens is 408 g/mol. The van der Waals surface area contributed by atoms with Crippen molar-refractivity contribution < 1.29 is 4.74 Å². The zero-order valence-electron chi connectivity index (χ0n) is 15.6. The summed E-state index contributed by atoms with van der Waals surface area (Å²) in [6.45, 7) is 5.87. The lowest BCUT2D eigenvalue weighted by atomic mass is 10.1. The third-order valence-corrected chi connectivity index (χ3v) is 6.06. The van der Waals surface area contributed by atoms with Gasteiger partial charge in [-0.15, -0.1) is 11.8 Å². The fourth-order valence-corrected chi connectivity index (χ4v) is 4.00. The van der Waals surface area contributed by atoms with E-state index in [1.54, 1.807) is 11.8 Å². The monoisotopic (exact) mass is 434 g/mol. The summed E-state index contributed by atoms with van der Waals surface area (Å²) in [5.74, 6) is 1.86. The Morgan fingerprint density at radius 2 is 1.77 bits per heavy atom. The molecule has 0 bridgehead atoms. The second-order valence-corrected chi connectivity index (χ2v) is 8.57. The molecule has 0 aromatic heterocycles. The molecule has 3 nitrogen and oxygen atoms in total. The van der Waals surface area contributed by atoms with E-state index in [2.05, 4.69) is 69.4 Å². The van der Waals surface area contributed by atoms with Gasteiger partial charge in [-0.3, -0.25) is 0 Å². The van der Waals surface area contributed by atoms with Gasteiger partial charge in [0.15, 0.2) is 0 Å². The van der Waals surface area contributed by atoms with E-state index in [-0.39, 0.29) is 0 Å². The molecule has 1 heterocycles. The van der Waals surface area contributed by atoms with Crippen LogP contribution in [0, 0.1) is 0 Å². The number of hydrogen-bond donors (Lipinski definition) is 0. The van der Waals surface area contributed by atoms with Gasteiger partial charge in [0.05, 0.1) is 0 Å². The lowest BCUT2D eigenvalue weighted by Crippen LogP contribution is -2.44. The maximum Gasteiger partial charge on any atom is 0.130 e. The summed E-state index contributed by atoms with van der Waals surface area (Å²) in [4.78, 5) is 6.22. The number of aryl methyl sites for hydroxylation is 1. The molecule has 2 aromatic rings. The molecule has 0 spiro atoms. The van der Waals surface area contributed by atoms with Crippen molar-refractivity contribution in [3.8, 4) is 11.5 Å². The lowest BCUT2D eigenvalue weighted by molar-refractivity contribution is 0.153. The van der Waals surface area contributed by atoms with Crippen LogP contribution < -0.4 is 4.74 Å². The molecule has 0 aliphatic carbocycles. The fourth-order valence-electron chi connectivity index (χ4n) is 3.18. The van der Waals surface area contributed by atoms with Gasteiger partial charge in [-0.05, 0) is 80.7 Å². The van der Waals surface area contributed by atoms with Crippen LogP contribution in [0.5, 0.6) is 11.5 Å². The highest BCUT2D eigenvalue weighted by Gasteiger charge is 2.14. The standard InChI is InChI=1S/C21H27BrN2OS/c1-23-12-14-24(15-13-23)11-3-4-17-16-18(22)5-10-21(17)25-19-6-8-20(26-2)9-7-19/h5-10,16H,3-4,11-15H2,1-2H3. The van der Waals surface area contributed by atoms with Crippen molar-refractivity contribution in [2.75, 3.05) is 46.0 Å². The molecule has 0 radical (unpaired) electrons. The van der Waals surface area contributed by atoms with Gasteiger partial charge < -0.3 is 14.5 Å². The Morgan fingerprint density at radius 1 is 1.04 bits per heavy atom. The van der Waals surface area contributed by atoms with Gasteiger partial charge in [0.1, 0.15) is 11.5 Å². The van der Waals surface area contributed by atoms with E-state index in [1.807, 2.05) is 12.1 Å². The van der Waals surface area contributed by atoms with E-state index in [4.69, 9.17) is 4.74 Å². The Labute approximate surface area is 169 Å². The van der Waals surface area contributed by atoms with Gasteiger partial charge in [0, 0.05) is 35.5 Å². The van der Waals surface area contributed by atoms with Crippen LogP contribution in [0.2, 0.25) is 0 Å². The number of piperazine rings is 1. The van der Waals surface area contributed by atoms with E-state index in [9.17, 15) is 0 Å². The normalized spacial score (nSPS) is 16.0. The van der Waals surface area contributed by atoms with Crippen molar-refractivity contribution >= 4 is 27.7 Å². The number of likely N-dealkylation sites (N-methyl/N-ethyl adjacent to an activating group) is 1. The molecule has 140 valence electrons. The minimum Gasteiger partial charge on any atom is -0.457 e. The Hall–Kier alpha value is -1.01. The second kappa shape index (κ2) is 9.79. The zero-order chi connectivity index (χ0) is 18.4. The van der Waals surface area contributed by atoms with Crippen LogP contribution in [-0.2, 0) is 6.42 Å². The average molecular weight is 435 g/mol. The van der Waals surface area contributed by atoms with E-state index < -0.39 is 0 Å². The van der Waals surface area contributed by atoms with Gasteiger partial charge in [-0.1, -0.05) is 15.9 Å². The Kier molecular flexibility index (Phi) is 7.43. The molecule has 3 rings (SSSR count). The average Bonchev–Trinajstić information content (AvgIpc) is 2.66. The van der Waals surface area contributed by atoms with Crippen LogP contribution in [0.3, 0.4) is 0 Å². The van der Waals surface area contributed by atoms with Crippen LogP contribution in [0.1, 0.15) is 12.0 Å². The molecule has 2 aromatic carbocycles. The predicted octanol–water partition coefficient (Wildman–Crippen LogP) is 5.14. The molecule has 0 saturated carbocycles. The second-order valence-electron chi connectivity index (χ2n) is 6.78. The number of nitrogens with zero attached hydrogens (tertiary/aromatic N) is 2. The molecule has 1 saturated heterocycles. The summed E-state index contributed by atoms with van der Waals surface area (Å²) in [6, 6.07) is 14.6. The van der Waals surface area contributed by atoms with Crippen LogP contribution in [0.4, 0.5) is 0 Å². The first-order chi connectivity index (χ1) is 12.6. The molecule has 26 heavy (non-hydrogen) atoms. The molecule has 1 fully saturated rings. The van der Waals surface area contributed by atoms with Gasteiger partial charge in [-0.25, -0.2) is 0 Å². The highest BCUT2D eigenvalue weighted by atomic mass is 79.9. The molecule has 0 atom stereocenters. The van der Waals surface area contributed by atoms with Gasteiger partial charge in [-0.2, -0.15) is 0 Å². The topological polar surface area (TPSA) is 15.7 Å². The van der Waals surface area contributed by atoms with Crippen molar-refractivity contribution in [2.45, 2.75) is 17.7 Å². The first-order valence-electron chi connectivity index (χ1n) is 9.15. The summed E-state index contributed by atoms with van der Waals surface area (Å²) in [5.41, 5.74) is 1.27. The van der Waals surface area contributed by atoms with Gasteiger partial charge in [0.25, 0.3) is 0 Å². The summed E-state index contributed by atoms with van der Waals surface area (Å²) in [7, 11) is 2.20. The fraction of sp³-hybridized carbons (Fsp3) is 0.429. The number of benzene rings is 2. The number of rotatable bonds is 7.